The fraction of sp³-hybridized carbons (Fsp3) is 0.268. The quantitative estimate of drug-likeness (QED) is 0.0487. The zero-order valence-electron chi connectivity index (χ0n) is 32.2. The third-order valence-corrected chi connectivity index (χ3v) is 7.79. The summed E-state index contributed by atoms with van der Waals surface area (Å²) >= 11 is 0. The molecule has 0 aliphatic carbocycles. The van der Waals surface area contributed by atoms with E-state index in [0.717, 1.165) is 16.7 Å². The number of ether oxygens (including phenoxy) is 6. The van der Waals surface area contributed by atoms with Crippen LogP contribution < -0.4 is 30.2 Å². The molecule has 0 saturated heterocycles. The summed E-state index contributed by atoms with van der Waals surface area (Å²) in [7, 11) is 0. The fourth-order valence-corrected chi connectivity index (χ4v) is 4.85. The summed E-state index contributed by atoms with van der Waals surface area (Å²) in [6.45, 7) is 21.3. The van der Waals surface area contributed by atoms with Crippen LogP contribution in [0.2, 0.25) is 0 Å². The SMILES string of the molecule is C=C(C)C(=O)OC(C)NC(=O)Oc1ccc(C(C)(c2ccc(OC(=O)NC(C)OC(=O)C(=C)C)cc2)c2ccc(OC(=O)NC(C)OC(=O)C(=C)C)cc2)cc1. The largest absolute Gasteiger partial charge is 0.439 e. The smallest absolute Gasteiger partial charge is 0.415 e. The standard InChI is InChI=1S/C41H45N3O12/c1-23(2)35(45)51-26(7)42-38(48)54-32-17-11-29(12-18-32)41(10,30-13-19-33(20-14-30)55-39(49)43-27(8)52-36(46)24(3)4)31-15-21-34(22-16-31)56-40(50)44-28(9)53-37(47)25(5)6/h11-22,26-28H,1,3,5H2,2,4,6-10H3,(H,42,48)(H,43,49)(H,44,50). The second-order valence-electron chi connectivity index (χ2n) is 12.8. The van der Waals surface area contributed by atoms with E-state index in [2.05, 4.69) is 35.7 Å². The lowest BCUT2D eigenvalue weighted by Gasteiger charge is -2.32. The highest BCUT2D eigenvalue weighted by Gasteiger charge is 2.32. The number of esters is 3. The van der Waals surface area contributed by atoms with Gasteiger partial charge in [0.2, 0.25) is 0 Å². The molecular weight excluding hydrogens is 726 g/mol. The summed E-state index contributed by atoms with van der Waals surface area (Å²) in [5.74, 6) is -1.41. The minimum atomic E-state index is -0.977. The van der Waals surface area contributed by atoms with Crippen molar-refractivity contribution in [3.63, 3.8) is 0 Å². The van der Waals surface area contributed by atoms with E-state index in [9.17, 15) is 28.8 Å². The van der Waals surface area contributed by atoms with Crippen LogP contribution in [0, 0.1) is 0 Å². The van der Waals surface area contributed by atoms with Crippen molar-refractivity contribution in [2.75, 3.05) is 0 Å². The van der Waals surface area contributed by atoms with Gasteiger partial charge in [-0.1, -0.05) is 56.1 Å². The van der Waals surface area contributed by atoms with Crippen LogP contribution in [0.1, 0.15) is 65.2 Å². The van der Waals surface area contributed by atoms with Gasteiger partial charge in [-0.3, -0.25) is 16.0 Å². The van der Waals surface area contributed by atoms with E-state index in [1.807, 2.05) is 6.92 Å². The van der Waals surface area contributed by atoms with Gasteiger partial charge in [-0.2, -0.15) is 0 Å². The molecule has 3 aromatic carbocycles. The maximum absolute atomic E-state index is 12.5. The lowest BCUT2D eigenvalue weighted by Crippen LogP contribution is -2.38. The van der Waals surface area contributed by atoms with Gasteiger partial charge < -0.3 is 28.4 Å². The van der Waals surface area contributed by atoms with Crippen molar-refractivity contribution in [2.24, 2.45) is 0 Å². The number of nitrogens with one attached hydrogen (secondary N) is 3. The molecule has 3 atom stereocenters. The predicted molar refractivity (Wildman–Crippen MR) is 203 cm³/mol. The number of amides is 3. The molecule has 0 spiro atoms. The molecule has 3 unspecified atom stereocenters. The zero-order chi connectivity index (χ0) is 41.7. The number of benzene rings is 3. The Labute approximate surface area is 324 Å². The Morgan fingerprint density at radius 2 is 0.679 bits per heavy atom. The first-order valence-corrected chi connectivity index (χ1v) is 17.1. The highest BCUT2D eigenvalue weighted by atomic mass is 16.6. The molecule has 3 rings (SSSR count). The summed E-state index contributed by atoms with van der Waals surface area (Å²) in [6, 6.07) is 20.1. The first-order chi connectivity index (χ1) is 26.3. The number of rotatable bonds is 15. The second kappa shape index (κ2) is 19.4. The molecule has 0 aromatic heterocycles. The van der Waals surface area contributed by atoms with E-state index in [1.165, 1.54) is 41.5 Å². The lowest BCUT2D eigenvalue weighted by molar-refractivity contribution is -0.145. The van der Waals surface area contributed by atoms with Crippen LogP contribution in [-0.4, -0.2) is 54.9 Å². The van der Waals surface area contributed by atoms with E-state index < -0.39 is 60.3 Å². The monoisotopic (exact) mass is 771 g/mol. The van der Waals surface area contributed by atoms with Crippen molar-refractivity contribution < 1.29 is 57.2 Å². The molecule has 296 valence electrons. The summed E-state index contributed by atoms with van der Waals surface area (Å²) in [4.78, 5) is 72.8. The molecule has 0 heterocycles. The Morgan fingerprint density at radius 1 is 0.464 bits per heavy atom. The third kappa shape index (κ3) is 12.6. The average molecular weight is 772 g/mol. The van der Waals surface area contributed by atoms with Gasteiger partial charge in [-0.05, 0) is 102 Å². The predicted octanol–water partition coefficient (Wildman–Crippen LogP) is 6.70. The van der Waals surface area contributed by atoms with Gasteiger partial charge in [0.05, 0.1) is 0 Å². The molecule has 15 nitrogen and oxygen atoms in total. The molecule has 56 heavy (non-hydrogen) atoms. The summed E-state index contributed by atoms with van der Waals surface area (Å²) in [5, 5.41) is 7.25. The zero-order valence-corrected chi connectivity index (χ0v) is 32.2. The van der Waals surface area contributed by atoms with E-state index in [1.54, 1.807) is 72.8 Å². The minimum absolute atomic E-state index is 0.174. The molecule has 0 saturated carbocycles. The van der Waals surface area contributed by atoms with Crippen LogP contribution in [0.15, 0.2) is 109 Å². The maximum atomic E-state index is 12.5. The fourth-order valence-electron chi connectivity index (χ4n) is 4.85. The number of hydrogen-bond acceptors (Lipinski definition) is 12. The van der Waals surface area contributed by atoms with Crippen LogP contribution >= 0.6 is 0 Å². The molecule has 0 aliphatic rings. The summed E-state index contributed by atoms with van der Waals surface area (Å²) < 4.78 is 31.4. The Balaban J connectivity index is 1.86. The van der Waals surface area contributed by atoms with E-state index >= 15 is 0 Å². The second-order valence-corrected chi connectivity index (χ2v) is 12.8. The topological polar surface area (TPSA) is 194 Å². The van der Waals surface area contributed by atoms with Gasteiger partial charge >= 0.3 is 36.2 Å². The van der Waals surface area contributed by atoms with Crippen LogP contribution in [0.5, 0.6) is 17.2 Å². The van der Waals surface area contributed by atoms with Gasteiger partial charge in [0, 0.05) is 22.1 Å². The van der Waals surface area contributed by atoms with Crippen LogP contribution in [0.25, 0.3) is 0 Å². The highest BCUT2D eigenvalue weighted by Crippen LogP contribution is 2.40. The molecule has 15 heteroatoms. The summed E-state index contributed by atoms with van der Waals surface area (Å²) in [5.41, 5.74) is 1.85. The van der Waals surface area contributed by atoms with Crippen LogP contribution in [0.3, 0.4) is 0 Å². The first-order valence-electron chi connectivity index (χ1n) is 17.1. The average Bonchev–Trinajstić information content (AvgIpc) is 3.11. The van der Waals surface area contributed by atoms with Gasteiger partial charge in [0.25, 0.3) is 0 Å². The minimum Gasteiger partial charge on any atom is -0.439 e. The normalized spacial score (nSPS) is 13.1. The Morgan fingerprint density at radius 3 is 0.875 bits per heavy atom. The third-order valence-electron chi connectivity index (χ3n) is 7.79. The van der Waals surface area contributed by atoms with Gasteiger partial charge in [0.1, 0.15) is 17.2 Å². The Bertz CT molecular complexity index is 1750. The van der Waals surface area contributed by atoms with Crippen molar-refractivity contribution in [1.82, 2.24) is 16.0 Å². The number of hydrogen-bond donors (Lipinski definition) is 3. The Kier molecular flexibility index (Phi) is 15.1. The van der Waals surface area contributed by atoms with E-state index in [-0.39, 0.29) is 34.0 Å². The maximum Gasteiger partial charge on any atom is 0.415 e. The van der Waals surface area contributed by atoms with Crippen molar-refractivity contribution in [1.29, 1.82) is 0 Å². The summed E-state index contributed by atoms with van der Waals surface area (Å²) in [6.07, 6.45) is -5.49. The van der Waals surface area contributed by atoms with Crippen molar-refractivity contribution in [2.45, 2.75) is 72.6 Å². The Hall–Kier alpha value is -6.90. The molecule has 3 aromatic rings. The van der Waals surface area contributed by atoms with E-state index in [0.29, 0.717) is 0 Å². The molecule has 3 N–H and O–H groups in total. The van der Waals surface area contributed by atoms with Crippen molar-refractivity contribution in [3.8, 4) is 17.2 Å². The van der Waals surface area contributed by atoms with Crippen molar-refractivity contribution in [3.05, 3.63) is 126 Å². The number of carbonyl (C=O) groups is 6. The van der Waals surface area contributed by atoms with Crippen LogP contribution in [0.4, 0.5) is 14.4 Å². The number of carbonyl (C=O) groups excluding carboxylic acids is 6. The lowest BCUT2D eigenvalue weighted by atomic mass is 9.71. The molecule has 0 bridgehead atoms. The highest BCUT2D eigenvalue weighted by molar-refractivity contribution is 5.88. The van der Waals surface area contributed by atoms with Gasteiger partial charge in [-0.15, -0.1) is 0 Å². The molecular formula is C41H45N3O12. The molecule has 0 radical (unpaired) electrons. The van der Waals surface area contributed by atoms with Gasteiger partial charge in [-0.25, -0.2) is 28.8 Å². The first kappa shape index (κ1) is 43.5. The van der Waals surface area contributed by atoms with Crippen molar-refractivity contribution >= 4 is 36.2 Å². The van der Waals surface area contributed by atoms with Crippen LogP contribution in [-0.2, 0) is 34.0 Å². The molecule has 3 amide bonds. The molecule has 0 aliphatic heterocycles. The molecule has 0 fully saturated rings. The van der Waals surface area contributed by atoms with Gasteiger partial charge in [0.15, 0.2) is 18.7 Å². The van der Waals surface area contributed by atoms with E-state index in [4.69, 9.17) is 28.4 Å².